The number of methoxy groups -OCH3 is 1. The summed E-state index contributed by atoms with van der Waals surface area (Å²) in [5.74, 6) is -0.301. The van der Waals surface area contributed by atoms with Gasteiger partial charge in [-0.15, -0.1) is 0 Å². The third kappa shape index (κ3) is 4.08. The molecular formula is C11H22N2O3. The fraction of sp³-hybridized carbons (Fsp3) is 0.909. The first kappa shape index (κ1) is 13.4. The van der Waals surface area contributed by atoms with Gasteiger partial charge in [0.1, 0.15) is 6.04 Å². The van der Waals surface area contributed by atoms with Gasteiger partial charge in [-0.1, -0.05) is 0 Å². The Bertz CT molecular complexity index is 223. The van der Waals surface area contributed by atoms with E-state index >= 15 is 0 Å². The Morgan fingerprint density at radius 2 is 2.38 bits per heavy atom. The van der Waals surface area contributed by atoms with Crippen LogP contribution < -0.4 is 5.73 Å². The highest BCUT2D eigenvalue weighted by molar-refractivity contribution is 5.75. The Hall–Kier alpha value is -0.650. The standard InChI is InChI=1S/C11H22N2O3/c1-3-16-11(14)10(12)5-7-13-6-4-9(8-13)15-2/h9-10H,3-8,12H2,1-2H3. The molecule has 1 aliphatic heterocycles. The number of ether oxygens (including phenoxy) is 2. The number of esters is 1. The molecular weight excluding hydrogens is 208 g/mol. The average Bonchev–Trinajstić information content (AvgIpc) is 2.74. The van der Waals surface area contributed by atoms with Gasteiger partial charge in [0.2, 0.25) is 0 Å². The van der Waals surface area contributed by atoms with Gasteiger partial charge < -0.3 is 20.1 Å². The molecule has 2 N–H and O–H groups in total. The third-order valence-corrected chi connectivity index (χ3v) is 2.91. The monoisotopic (exact) mass is 230 g/mol. The van der Waals surface area contributed by atoms with E-state index in [1.165, 1.54) is 0 Å². The maximum Gasteiger partial charge on any atom is 0.322 e. The van der Waals surface area contributed by atoms with Gasteiger partial charge in [-0.25, -0.2) is 0 Å². The molecule has 0 aromatic carbocycles. The number of likely N-dealkylation sites (tertiary alicyclic amines) is 1. The summed E-state index contributed by atoms with van der Waals surface area (Å²) in [6.07, 6.45) is 2.04. The summed E-state index contributed by atoms with van der Waals surface area (Å²) in [5, 5.41) is 0. The largest absolute Gasteiger partial charge is 0.465 e. The second kappa shape index (κ2) is 6.83. The molecule has 0 spiro atoms. The Morgan fingerprint density at radius 3 is 2.94 bits per heavy atom. The topological polar surface area (TPSA) is 64.8 Å². The molecule has 2 unspecified atom stereocenters. The van der Waals surface area contributed by atoms with E-state index < -0.39 is 6.04 Å². The van der Waals surface area contributed by atoms with E-state index in [2.05, 4.69) is 4.90 Å². The Kier molecular flexibility index (Phi) is 5.73. The number of hydrogen-bond acceptors (Lipinski definition) is 5. The van der Waals surface area contributed by atoms with Crippen LogP contribution in [0.4, 0.5) is 0 Å². The van der Waals surface area contributed by atoms with Gasteiger partial charge in [-0.2, -0.15) is 0 Å². The number of nitrogens with two attached hydrogens (primary N) is 1. The van der Waals surface area contributed by atoms with Crippen molar-refractivity contribution in [2.75, 3.05) is 33.4 Å². The number of nitrogens with zero attached hydrogens (tertiary/aromatic N) is 1. The van der Waals surface area contributed by atoms with Crippen molar-refractivity contribution in [1.82, 2.24) is 4.90 Å². The Balaban J connectivity index is 2.17. The second-order valence-corrected chi connectivity index (χ2v) is 4.09. The summed E-state index contributed by atoms with van der Waals surface area (Å²) in [5.41, 5.74) is 5.72. The Morgan fingerprint density at radius 1 is 1.62 bits per heavy atom. The van der Waals surface area contributed by atoms with E-state index in [9.17, 15) is 4.79 Å². The lowest BCUT2D eigenvalue weighted by atomic mass is 10.2. The van der Waals surface area contributed by atoms with Crippen molar-refractivity contribution in [3.63, 3.8) is 0 Å². The van der Waals surface area contributed by atoms with Crippen LogP contribution in [-0.2, 0) is 14.3 Å². The molecule has 1 saturated heterocycles. The lowest BCUT2D eigenvalue weighted by molar-refractivity contribution is -0.144. The second-order valence-electron chi connectivity index (χ2n) is 4.09. The predicted molar refractivity (Wildman–Crippen MR) is 61.1 cm³/mol. The first-order chi connectivity index (χ1) is 7.67. The Labute approximate surface area is 96.9 Å². The maximum absolute atomic E-state index is 11.3. The van der Waals surface area contributed by atoms with Gasteiger partial charge in [0, 0.05) is 26.7 Å². The van der Waals surface area contributed by atoms with Crippen LogP contribution in [0.5, 0.6) is 0 Å². The van der Waals surface area contributed by atoms with Gasteiger partial charge in [-0.05, 0) is 19.8 Å². The zero-order chi connectivity index (χ0) is 12.0. The average molecular weight is 230 g/mol. The summed E-state index contributed by atoms with van der Waals surface area (Å²) in [7, 11) is 1.73. The molecule has 94 valence electrons. The predicted octanol–water partition coefficient (Wildman–Crippen LogP) is -0.0124. The van der Waals surface area contributed by atoms with Crippen LogP contribution in [0.15, 0.2) is 0 Å². The van der Waals surface area contributed by atoms with E-state index in [0.29, 0.717) is 19.1 Å². The van der Waals surface area contributed by atoms with E-state index in [4.69, 9.17) is 15.2 Å². The van der Waals surface area contributed by atoms with Crippen molar-refractivity contribution in [3.05, 3.63) is 0 Å². The van der Waals surface area contributed by atoms with E-state index in [1.807, 2.05) is 0 Å². The fourth-order valence-corrected chi connectivity index (χ4v) is 1.88. The summed E-state index contributed by atoms with van der Waals surface area (Å²) >= 11 is 0. The van der Waals surface area contributed by atoms with Crippen molar-refractivity contribution in [2.45, 2.75) is 31.9 Å². The van der Waals surface area contributed by atoms with Crippen LogP contribution in [0.3, 0.4) is 0 Å². The first-order valence-corrected chi connectivity index (χ1v) is 5.84. The van der Waals surface area contributed by atoms with Crippen LogP contribution in [0.2, 0.25) is 0 Å². The van der Waals surface area contributed by atoms with Gasteiger partial charge >= 0.3 is 5.97 Å². The van der Waals surface area contributed by atoms with Crippen LogP contribution in [-0.4, -0.2) is 56.4 Å². The lowest BCUT2D eigenvalue weighted by Crippen LogP contribution is -2.36. The molecule has 1 rings (SSSR count). The van der Waals surface area contributed by atoms with Crippen molar-refractivity contribution < 1.29 is 14.3 Å². The minimum Gasteiger partial charge on any atom is -0.465 e. The number of carbonyl (C=O) groups is 1. The molecule has 16 heavy (non-hydrogen) atoms. The molecule has 0 amide bonds. The molecule has 0 aliphatic carbocycles. The van der Waals surface area contributed by atoms with Gasteiger partial charge in [-0.3, -0.25) is 4.79 Å². The maximum atomic E-state index is 11.3. The molecule has 0 radical (unpaired) electrons. The lowest BCUT2D eigenvalue weighted by Gasteiger charge is -2.17. The van der Waals surface area contributed by atoms with Gasteiger partial charge in [0.05, 0.1) is 12.7 Å². The first-order valence-electron chi connectivity index (χ1n) is 5.84. The van der Waals surface area contributed by atoms with Crippen LogP contribution in [0.25, 0.3) is 0 Å². The molecule has 1 aliphatic rings. The van der Waals surface area contributed by atoms with Gasteiger partial charge in [0.15, 0.2) is 0 Å². The van der Waals surface area contributed by atoms with Crippen molar-refractivity contribution in [3.8, 4) is 0 Å². The third-order valence-electron chi connectivity index (χ3n) is 2.91. The molecule has 2 atom stereocenters. The normalized spacial score (nSPS) is 23.3. The number of carbonyl (C=O) groups excluding carboxylic acids is 1. The minimum atomic E-state index is -0.499. The molecule has 5 heteroatoms. The zero-order valence-electron chi connectivity index (χ0n) is 10.1. The summed E-state index contributed by atoms with van der Waals surface area (Å²) < 4.78 is 10.1. The van der Waals surface area contributed by atoms with E-state index in [0.717, 1.165) is 26.1 Å². The smallest absolute Gasteiger partial charge is 0.322 e. The molecule has 1 heterocycles. The fourth-order valence-electron chi connectivity index (χ4n) is 1.88. The van der Waals surface area contributed by atoms with Crippen molar-refractivity contribution >= 4 is 5.97 Å². The van der Waals surface area contributed by atoms with Crippen molar-refractivity contribution in [2.24, 2.45) is 5.73 Å². The van der Waals surface area contributed by atoms with Crippen LogP contribution in [0, 0.1) is 0 Å². The molecule has 0 aromatic heterocycles. The van der Waals surface area contributed by atoms with E-state index in [-0.39, 0.29) is 5.97 Å². The molecule has 0 saturated carbocycles. The zero-order valence-corrected chi connectivity index (χ0v) is 10.1. The highest BCUT2D eigenvalue weighted by Gasteiger charge is 2.23. The number of rotatable bonds is 6. The van der Waals surface area contributed by atoms with Crippen molar-refractivity contribution in [1.29, 1.82) is 0 Å². The van der Waals surface area contributed by atoms with Crippen LogP contribution in [0.1, 0.15) is 19.8 Å². The SMILES string of the molecule is CCOC(=O)C(N)CCN1CCC(OC)C1. The molecule has 0 bridgehead atoms. The molecule has 1 fully saturated rings. The summed E-state index contributed by atoms with van der Waals surface area (Å²) in [6, 6.07) is -0.499. The molecule has 5 nitrogen and oxygen atoms in total. The molecule has 0 aromatic rings. The highest BCUT2D eigenvalue weighted by atomic mass is 16.5. The summed E-state index contributed by atoms with van der Waals surface area (Å²) in [4.78, 5) is 13.5. The highest BCUT2D eigenvalue weighted by Crippen LogP contribution is 2.12. The van der Waals surface area contributed by atoms with Gasteiger partial charge in [0.25, 0.3) is 0 Å². The van der Waals surface area contributed by atoms with E-state index in [1.54, 1.807) is 14.0 Å². The quantitative estimate of drug-likeness (QED) is 0.650. The number of hydrogen-bond donors (Lipinski definition) is 1. The minimum absolute atomic E-state index is 0.301. The van der Waals surface area contributed by atoms with Crippen LogP contribution >= 0.6 is 0 Å². The summed E-state index contributed by atoms with van der Waals surface area (Å²) in [6.45, 7) is 4.97.